The van der Waals surface area contributed by atoms with E-state index in [2.05, 4.69) is 52.1 Å². The number of hydrogen-bond donors (Lipinski definition) is 0. The number of rotatable bonds is 4. The average molecular weight is 315 g/mol. The number of piperidine rings is 1. The third kappa shape index (κ3) is 4.79. The SMILES string of the molecule is CN1CCC(CC(=O)N2CCN(Cc3ccccc3)CC2)CC1. The van der Waals surface area contributed by atoms with Crippen molar-refractivity contribution in [2.24, 2.45) is 5.92 Å². The first-order chi connectivity index (χ1) is 11.2. The summed E-state index contributed by atoms with van der Waals surface area (Å²) in [6.07, 6.45) is 3.11. The first-order valence-corrected chi connectivity index (χ1v) is 8.93. The molecule has 2 saturated heterocycles. The summed E-state index contributed by atoms with van der Waals surface area (Å²) in [5.41, 5.74) is 1.36. The Morgan fingerprint density at radius 2 is 1.65 bits per heavy atom. The molecule has 0 N–H and O–H groups in total. The molecule has 0 aromatic heterocycles. The van der Waals surface area contributed by atoms with Crippen LogP contribution in [0.5, 0.6) is 0 Å². The van der Waals surface area contributed by atoms with Gasteiger partial charge in [0, 0.05) is 39.1 Å². The molecule has 0 saturated carbocycles. The molecule has 0 spiro atoms. The number of hydrogen-bond acceptors (Lipinski definition) is 3. The van der Waals surface area contributed by atoms with E-state index in [1.54, 1.807) is 0 Å². The third-order valence-electron chi connectivity index (χ3n) is 5.28. The van der Waals surface area contributed by atoms with Crippen LogP contribution in [0.25, 0.3) is 0 Å². The van der Waals surface area contributed by atoms with Gasteiger partial charge in [-0.25, -0.2) is 0 Å². The second-order valence-electron chi connectivity index (χ2n) is 7.09. The number of carbonyl (C=O) groups excluding carboxylic acids is 1. The summed E-state index contributed by atoms with van der Waals surface area (Å²) >= 11 is 0. The quantitative estimate of drug-likeness (QED) is 0.851. The Morgan fingerprint density at radius 1 is 1.00 bits per heavy atom. The Balaban J connectivity index is 1.40. The lowest BCUT2D eigenvalue weighted by Crippen LogP contribution is -2.48. The lowest BCUT2D eigenvalue weighted by molar-refractivity contribution is -0.134. The maximum atomic E-state index is 12.5. The van der Waals surface area contributed by atoms with Gasteiger partial charge >= 0.3 is 0 Å². The minimum absolute atomic E-state index is 0.374. The second-order valence-corrected chi connectivity index (χ2v) is 7.09. The number of likely N-dealkylation sites (tertiary alicyclic amines) is 1. The van der Waals surface area contributed by atoms with E-state index in [-0.39, 0.29) is 0 Å². The highest BCUT2D eigenvalue weighted by Crippen LogP contribution is 2.21. The minimum atomic E-state index is 0.374. The molecular weight excluding hydrogens is 286 g/mol. The van der Waals surface area contributed by atoms with Crippen molar-refractivity contribution >= 4 is 5.91 Å². The van der Waals surface area contributed by atoms with Crippen LogP contribution in [-0.4, -0.2) is 66.9 Å². The van der Waals surface area contributed by atoms with Crippen LogP contribution in [0.4, 0.5) is 0 Å². The summed E-state index contributed by atoms with van der Waals surface area (Å²) in [6.45, 7) is 7.04. The maximum absolute atomic E-state index is 12.5. The van der Waals surface area contributed by atoms with Gasteiger partial charge in [-0.05, 0) is 44.5 Å². The van der Waals surface area contributed by atoms with Gasteiger partial charge in [0.1, 0.15) is 0 Å². The lowest BCUT2D eigenvalue weighted by atomic mass is 9.93. The summed E-state index contributed by atoms with van der Waals surface area (Å²) in [6, 6.07) is 10.6. The molecule has 126 valence electrons. The van der Waals surface area contributed by atoms with E-state index in [0.29, 0.717) is 11.8 Å². The fourth-order valence-electron chi connectivity index (χ4n) is 3.64. The van der Waals surface area contributed by atoms with Gasteiger partial charge in [-0.15, -0.1) is 0 Å². The molecule has 23 heavy (non-hydrogen) atoms. The molecule has 0 aliphatic carbocycles. The first-order valence-electron chi connectivity index (χ1n) is 8.93. The van der Waals surface area contributed by atoms with Crippen molar-refractivity contribution < 1.29 is 4.79 Å². The molecule has 4 nitrogen and oxygen atoms in total. The van der Waals surface area contributed by atoms with Crippen LogP contribution in [0.3, 0.4) is 0 Å². The zero-order chi connectivity index (χ0) is 16.1. The molecule has 0 radical (unpaired) electrons. The standard InChI is InChI=1S/C19H29N3O/c1-20-9-7-17(8-10-20)15-19(23)22-13-11-21(12-14-22)16-18-5-3-2-4-6-18/h2-6,17H,7-16H2,1H3. The molecule has 2 heterocycles. The van der Waals surface area contributed by atoms with Crippen molar-refractivity contribution in [1.29, 1.82) is 0 Å². The van der Waals surface area contributed by atoms with E-state index >= 15 is 0 Å². The van der Waals surface area contributed by atoms with Crippen LogP contribution in [0.15, 0.2) is 30.3 Å². The van der Waals surface area contributed by atoms with E-state index in [1.165, 1.54) is 18.4 Å². The predicted molar refractivity (Wildman–Crippen MR) is 93.1 cm³/mol. The zero-order valence-electron chi connectivity index (χ0n) is 14.3. The van der Waals surface area contributed by atoms with Crippen molar-refractivity contribution in [3.05, 3.63) is 35.9 Å². The molecule has 2 aliphatic heterocycles. The number of nitrogens with zero attached hydrogens (tertiary/aromatic N) is 3. The number of benzene rings is 1. The molecule has 1 aromatic rings. The highest BCUT2D eigenvalue weighted by atomic mass is 16.2. The van der Waals surface area contributed by atoms with Crippen molar-refractivity contribution in [2.45, 2.75) is 25.8 Å². The van der Waals surface area contributed by atoms with Crippen LogP contribution < -0.4 is 0 Å². The second kappa shape index (κ2) is 7.93. The number of amides is 1. The van der Waals surface area contributed by atoms with Gasteiger partial charge < -0.3 is 9.80 Å². The van der Waals surface area contributed by atoms with Crippen LogP contribution >= 0.6 is 0 Å². The monoisotopic (exact) mass is 315 g/mol. The van der Waals surface area contributed by atoms with E-state index in [1.807, 2.05) is 0 Å². The predicted octanol–water partition coefficient (Wildman–Crippen LogP) is 2.06. The van der Waals surface area contributed by atoms with E-state index < -0.39 is 0 Å². The molecule has 1 amide bonds. The van der Waals surface area contributed by atoms with Crippen molar-refractivity contribution in [3.8, 4) is 0 Å². The van der Waals surface area contributed by atoms with Crippen LogP contribution in [-0.2, 0) is 11.3 Å². The first kappa shape index (κ1) is 16.5. The Morgan fingerprint density at radius 3 is 2.30 bits per heavy atom. The Kier molecular flexibility index (Phi) is 5.68. The smallest absolute Gasteiger partial charge is 0.222 e. The highest BCUT2D eigenvalue weighted by Gasteiger charge is 2.25. The molecule has 0 atom stereocenters. The summed E-state index contributed by atoms with van der Waals surface area (Å²) in [7, 11) is 2.17. The Bertz CT molecular complexity index is 489. The van der Waals surface area contributed by atoms with Crippen molar-refractivity contribution in [2.75, 3.05) is 46.3 Å². The molecule has 4 heteroatoms. The number of carbonyl (C=O) groups is 1. The van der Waals surface area contributed by atoms with Crippen LogP contribution in [0.2, 0.25) is 0 Å². The fourth-order valence-corrected chi connectivity index (χ4v) is 3.64. The van der Waals surface area contributed by atoms with Gasteiger partial charge in [0.15, 0.2) is 0 Å². The fraction of sp³-hybridized carbons (Fsp3) is 0.632. The largest absolute Gasteiger partial charge is 0.340 e. The third-order valence-corrected chi connectivity index (χ3v) is 5.28. The molecule has 1 aromatic carbocycles. The highest BCUT2D eigenvalue weighted by molar-refractivity contribution is 5.76. The van der Waals surface area contributed by atoms with E-state index in [9.17, 15) is 4.79 Å². The summed E-state index contributed by atoms with van der Waals surface area (Å²) in [5, 5.41) is 0. The van der Waals surface area contributed by atoms with Crippen LogP contribution in [0, 0.1) is 5.92 Å². The van der Waals surface area contributed by atoms with Gasteiger partial charge in [0.25, 0.3) is 0 Å². The van der Waals surface area contributed by atoms with E-state index in [4.69, 9.17) is 0 Å². The Hall–Kier alpha value is -1.39. The molecule has 3 rings (SSSR count). The summed E-state index contributed by atoms with van der Waals surface area (Å²) < 4.78 is 0. The van der Waals surface area contributed by atoms with Crippen molar-refractivity contribution in [1.82, 2.24) is 14.7 Å². The van der Waals surface area contributed by atoms with Gasteiger partial charge in [0.05, 0.1) is 0 Å². The van der Waals surface area contributed by atoms with E-state index in [0.717, 1.165) is 52.2 Å². The molecular formula is C19H29N3O. The van der Waals surface area contributed by atoms with Gasteiger partial charge in [-0.3, -0.25) is 9.69 Å². The zero-order valence-corrected chi connectivity index (χ0v) is 14.3. The van der Waals surface area contributed by atoms with Crippen molar-refractivity contribution in [3.63, 3.8) is 0 Å². The van der Waals surface area contributed by atoms with Gasteiger partial charge in [-0.1, -0.05) is 30.3 Å². The van der Waals surface area contributed by atoms with Gasteiger partial charge in [-0.2, -0.15) is 0 Å². The summed E-state index contributed by atoms with van der Waals surface area (Å²) in [4.78, 5) is 19.4. The van der Waals surface area contributed by atoms with Crippen LogP contribution in [0.1, 0.15) is 24.8 Å². The van der Waals surface area contributed by atoms with Gasteiger partial charge in [0.2, 0.25) is 5.91 Å². The topological polar surface area (TPSA) is 26.8 Å². The summed E-state index contributed by atoms with van der Waals surface area (Å²) in [5.74, 6) is 0.972. The minimum Gasteiger partial charge on any atom is -0.340 e. The molecule has 2 aliphatic rings. The Labute approximate surface area is 140 Å². The normalized spacial score (nSPS) is 21.5. The average Bonchev–Trinajstić information content (AvgIpc) is 2.58. The lowest BCUT2D eigenvalue weighted by Gasteiger charge is -2.36. The molecule has 2 fully saturated rings. The maximum Gasteiger partial charge on any atom is 0.222 e. The molecule has 0 unspecified atom stereocenters. The number of piperazine rings is 1. The molecule has 0 bridgehead atoms.